The molecule has 0 radical (unpaired) electrons. The fourth-order valence-electron chi connectivity index (χ4n) is 3.86. The van der Waals surface area contributed by atoms with Crippen molar-refractivity contribution in [2.75, 3.05) is 29.9 Å². The molecule has 3 heterocycles. The summed E-state index contributed by atoms with van der Waals surface area (Å²) >= 11 is 0. The normalized spacial score (nSPS) is 21.3. The van der Waals surface area contributed by atoms with Crippen molar-refractivity contribution in [2.45, 2.75) is 24.7 Å². The standard InChI is InChI=1S/C18H18F3N5O2/c1-24(28)16(27)11-7-22-17(23-8-11)26-10-14-6-15(26)9-25(14)13-4-2-3-12(5-13)18(19,20)21/h2-5,7-8,14-15,28H,6,9-10H2,1H3/t14-,15-/m0/s1. The molecular formula is C18H18F3N5O2. The number of hydrogen-bond donors (Lipinski definition) is 1. The number of carbonyl (C=O) groups excluding carboxylic acids is 1. The molecule has 0 aliphatic carbocycles. The Bertz CT molecular complexity index is 888. The fourth-order valence-corrected chi connectivity index (χ4v) is 3.86. The molecular weight excluding hydrogens is 375 g/mol. The van der Waals surface area contributed by atoms with Crippen LogP contribution in [0.2, 0.25) is 0 Å². The van der Waals surface area contributed by atoms with Crippen molar-refractivity contribution in [1.82, 2.24) is 15.0 Å². The van der Waals surface area contributed by atoms with E-state index in [1.165, 1.54) is 31.6 Å². The maximum Gasteiger partial charge on any atom is 0.416 e. The predicted molar refractivity (Wildman–Crippen MR) is 94.2 cm³/mol. The highest BCUT2D eigenvalue weighted by Crippen LogP contribution is 2.38. The van der Waals surface area contributed by atoms with Crippen LogP contribution in [0.4, 0.5) is 24.8 Å². The summed E-state index contributed by atoms with van der Waals surface area (Å²) in [5.41, 5.74) is 0.0839. The van der Waals surface area contributed by atoms with Gasteiger partial charge in [-0.3, -0.25) is 10.0 Å². The van der Waals surface area contributed by atoms with Gasteiger partial charge in [0.1, 0.15) is 0 Å². The molecule has 2 aromatic rings. The van der Waals surface area contributed by atoms with Gasteiger partial charge in [0, 0.05) is 44.3 Å². The number of aromatic nitrogens is 2. The molecule has 1 amide bonds. The van der Waals surface area contributed by atoms with Crippen LogP contribution < -0.4 is 9.80 Å². The monoisotopic (exact) mass is 393 g/mol. The van der Waals surface area contributed by atoms with Gasteiger partial charge in [0.2, 0.25) is 5.95 Å². The molecule has 0 unspecified atom stereocenters. The summed E-state index contributed by atoms with van der Waals surface area (Å²) in [7, 11) is 1.22. The number of halogens is 3. The van der Waals surface area contributed by atoms with Crippen molar-refractivity contribution < 1.29 is 23.2 Å². The number of hydroxylamine groups is 2. The predicted octanol–water partition coefficient (Wildman–Crippen LogP) is 2.42. The van der Waals surface area contributed by atoms with Crippen LogP contribution in [-0.2, 0) is 6.18 Å². The molecule has 1 aromatic carbocycles. The molecule has 2 bridgehead atoms. The summed E-state index contributed by atoms with van der Waals surface area (Å²) in [5, 5.41) is 9.65. The highest BCUT2D eigenvalue weighted by Gasteiger charge is 2.44. The van der Waals surface area contributed by atoms with Crippen LogP contribution in [0.5, 0.6) is 0 Å². The Kier molecular flexibility index (Phi) is 4.37. The maximum absolute atomic E-state index is 13.0. The zero-order valence-electron chi connectivity index (χ0n) is 15.0. The number of alkyl halides is 3. The Morgan fingerprint density at radius 1 is 1.18 bits per heavy atom. The molecule has 1 aromatic heterocycles. The average Bonchev–Trinajstić information content (AvgIpc) is 3.28. The second-order valence-corrected chi connectivity index (χ2v) is 7.00. The molecule has 2 aliphatic heterocycles. The summed E-state index contributed by atoms with van der Waals surface area (Å²) < 4.78 is 38.9. The van der Waals surface area contributed by atoms with E-state index >= 15 is 0 Å². The first-order valence-corrected chi connectivity index (χ1v) is 8.73. The highest BCUT2D eigenvalue weighted by molar-refractivity contribution is 5.92. The average molecular weight is 393 g/mol. The Labute approximate surface area is 159 Å². The van der Waals surface area contributed by atoms with Crippen molar-refractivity contribution >= 4 is 17.5 Å². The molecule has 4 rings (SSSR count). The van der Waals surface area contributed by atoms with Crippen LogP contribution in [-0.4, -0.2) is 58.4 Å². The molecule has 10 heteroatoms. The van der Waals surface area contributed by atoms with Gasteiger partial charge >= 0.3 is 6.18 Å². The summed E-state index contributed by atoms with van der Waals surface area (Å²) in [5.74, 6) is -0.140. The lowest BCUT2D eigenvalue weighted by Crippen LogP contribution is -2.47. The maximum atomic E-state index is 13.0. The number of rotatable bonds is 3. The van der Waals surface area contributed by atoms with Crippen LogP contribution >= 0.6 is 0 Å². The Morgan fingerprint density at radius 3 is 2.39 bits per heavy atom. The van der Waals surface area contributed by atoms with Crippen LogP contribution in [0.15, 0.2) is 36.7 Å². The quantitative estimate of drug-likeness (QED) is 0.638. The first kappa shape index (κ1) is 18.5. The van der Waals surface area contributed by atoms with Crippen LogP contribution in [0, 0.1) is 0 Å². The molecule has 0 spiro atoms. The zero-order chi connectivity index (χ0) is 20.1. The summed E-state index contributed by atoms with van der Waals surface area (Å²) in [6.45, 7) is 1.17. The van der Waals surface area contributed by atoms with E-state index in [1.807, 2.05) is 9.80 Å². The van der Waals surface area contributed by atoms with Gasteiger partial charge in [0.05, 0.1) is 17.2 Å². The Balaban J connectivity index is 1.48. The first-order valence-electron chi connectivity index (χ1n) is 8.73. The van der Waals surface area contributed by atoms with Gasteiger partial charge in [-0.05, 0) is 24.6 Å². The van der Waals surface area contributed by atoms with E-state index < -0.39 is 17.6 Å². The minimum absolute atomic E-state index is 0.0713. The topological polar surface area (TPSA) is 72.8 Å². The second kappa shape index (κ2) is 6.62. The lowest BCUT2D eigenvalue weighted by atomic mass is 10.1. The third-order valence-corrected chi connectivity index (χ3v) is 5.18. The molecule has 148 valence electrons. The van der Waals surface area contributed by atoms with Gasteiger partial charge in [-0.15, -0.1) is 0 Å². The molecule has 28 heavy (non-hydrogen) atoms. The van der Waals surface area contributed by atoms with Gasteiger partial charge in [-0.2, -0.15) is 13.2 Å². The molecule has 2 fully saturated rings. The SMILES string of the molecule is CN(O)C(=O)c1cnc(N2C[C@@H]3C[C@H]2CN3c2cccc(C(F)(F)F)c2)nc1. The van der Waals surface area contributed by atoms with Crippen molar-refractivity contribution in [1.29, 1.82) is 0 Å². The van der Waals surface area contributed by atoms with Crippen molar-refractivity contribution in [2.24, 2.45) is 0 Å². The Morgan fingerprint density at radius 2 is 1.82 bits per heavy atom. The van der Waals surface area contributed by atoms with E-state index in [9.17, 15) is 23.2 Å². The fraction of sp³-hybridized carbons (Fsp3) is 0.389. The van der Waals surface area contributed by atoms with Crippen molar-refractivity contribution in [3.05, 3.63) is 47.8 Å². The van der Waals surface area contributed by atoms with Crippen LogP contribution in [0.3, 0.4) is 0 Å². The van der Waals surface area contributed by atoms with Gasteiger partial charge in [-0.1, -0.05) is 6.07 Å². The number of nitrogens with zero attached hydrogens (tertiary/aromatic N) is 5. The number of benzene rings is 1. The summed E-state index contributed by atoms with van der Waals surface area (Å²) in [6, 6.07) is 5.54. The van der Waals surface area contributed by atoms with Gasteiger partial charge in [0.15, 0.2) is 0 Å². The molecule has 1 N–H and O–H groups in total. The third kappa shape index (κ3) is 3.24. The largest absolute Gasteiger partial charge is 0.416 e. The number of hydrogen-bond acceptors (Lipinski definition) is 6. The van der Waals surface area contributed by atoms with Crippen molar-refractivity contribution in [3.63, 3.8) is 0 Å². The zero-order valence-corrected chi connectivity index (χ0v) is 15.0. The lowest BCUT2D eigenvalue weighted by molar-refractivity contribution is -0.137. The van der Waals surface area contributed by atoms with E-state index in [0.29, 0.717) is 29.8 Å². The highest BCUT2D eigenvalue weighted by atomic mass is 19.4. The van der Waals surface area contributed by atoms with Gasteiger partial charge < -0.3 is 9.80 Å². The van der Waals surface area contributed by atoms with Crippen molar-refractivity contribution in [3.8, 4) is 0 Å². The van der Waals surface area contributed by atoms with Gasteiger partial charge in [-0.25, -0.2) is 15.0 Å². The molecule has 0 saturated carbocycles. The molecule has 2 atom stereocenters. The lowest BCUT2D eigenvalue weighted by Gasteiger charge is -2.35. The molecule has 2 aliphatic rings. The van der Waals surface area contributed by atoms with E-state index in [-0.39, 0.29) is 17.6 Å². The van der Waals surface area contributed by atoms with E-state index in [4.69, 9.17) is 0 Å². The van der Waals surface area contributed by atoms with Crippen LogP contribution in [0.1, 0.15) is 22.3 Å². The summed E-state index contributed by atoms with van der Waals surface area (Å²) in [4.78, 5) is 24.1. The minimum Gasteiger partial charge on any atom is -0.365 e. The smallest absolute Gasteiger partial charge is 0.365 e. The number of amides is 1. The van der Waals surface area contributed by atoms with E-state index in [1.54, 1.807) is 6.07 Å². The van der Waals surface area contributed by atoms with Gasteiger partial charge in [0.25, 0.3) is 5.91 Å². The van der Waals surface area contributed by atoms with Crippen LogP contribution in [0.25, 0.3) is 0 Å². The number of piperazine rings is 1. The summed E-state index contributed by atoms with van der Waals surface area (Å²) in [6.07, 6.45) is -0.849. The number of fused-ring (bicyclic) bond motifs is 2. The first-order chi connectivity index (χ1) is 13.2. The van der Waals surface area contributed by atoms with E-state index in [2.05, 4.69) is 9.97 Å². The second-order valence-electron chi connectivity index (χ2n) is 7.00. The Hall–Kier alpha value is -2.88. The third-order valence-electron chi connectivity index (χ3n) is 5.18. The molecule has 7 nitrogen and oxygen atoms in total. The van der Waals surface area contributed by atoms with E-state index in [0.717, 1.165) is 12.5 Å². The number of carbonyl (C=O) groups is 1. The molecule has 2 saturated heterocycles. The number of anilines is 2. The minimum atomic E-state index is -4.36.